The van der Waals surface area contributed by atoms with Crippen LogP contribution in [0, 0.1) is 0 Å². The molecule has 0 aromatic heterocycles. The van der Waals surface area contributed by atoms with Gasteiger partial charge >= 0.3 is 0 Å². The average Bonchev–Trinajstić information content (AvgIpc) is 2.61. The van der Waals surface area contributed by atoms with Crippen molar-refractivity contribution in [2.75, 3.05) is 0 Å². The van der Waals surface area contributed by atoms with Crippen molar-refractivity contribution in [3.05, 3.63) is 59.2 Å². The molecule has 0 saturated heterocycles. The fourth-order valence-corrected chi connectivity index (χ4v) is 3.31. The molecule has 18 heavy (non-hydrogen) atoms. The predicted octanol–water partition coefficient (Wildman–Crippen LogP) is 4.95. The fraction of sp³-hybridized carbons (Fsp3) is 0.333. The van der Waals surface area contributed by atoms with E-state index in [4.69, 9.17) is 0 Å². The van der Waals surface area contributed by atoms with Gasteiger partial charge in [0.1, 0.15) is 0 Å². The van der Waals surface area contributed by atoms with Crippen molar-refractivity contribution in [3.63, 3.8) is 0 Å². The van der Waals surface area contributed by atoms with Crippen LogP contribution in [0.5, 0.6) is 0 Å². The smallest absolute Gasteiger partial charge is 0.0158 e. The Kier molecular flexibility index (Phi) is 2.55. The SMILES string of the molecule is CCCc1cccc2c1-c1ccccc1C2(C)C. The zero-order valence-corrected chi connectivity index (χ0v) is 11.5. The van der Waals surface area contributed by atoms with Crippen LogP contribution >= 0.6 is 0 Å². The quantitative estimate of drug-likeness (QED) is 0.692. The van der Waals surface area contributed by atoms with Crippen LogP contribution in [0.25, 0.3) is 11.1 Å². The van der Waals surface area contributed by atoms with E-state index < -0.39 is 0 Å². The van der Waals surface area contributed by atoms with Gasteiger partial charge in [0.25, 0.3) is 0 Å². The summed E-state index contributed by atoms with van der Waals surface area (Å²) in [5, 5.41) is 0. The van der Waals surface area contributed by atoms with Crippen LogP contribution in [0.4, 0.5) is 0 Å². The van der Waals surface area contributed by atoms with E-state index in [-0.39, 0.29) is 5.41 Å². The fourth-order valence-electron chi connectivity index (χ4n) is 3.31. The number of hydrogen-bond acceptors (Lipinski definition) is 0. The number of aryl methyl sites for hydroxylation is 1. The van der Waals surface area contributed by atoms with Gasteiger partial charge in [0.05, 0.1) is 0 Å². The van der Waals surface area contributed by atoms with Crippen molar-refractivity contribution in [2.45, 2.75) is 39.0 Å². The first-order chi connectivity index (χ1) is 8.66. The first-order valence-electron chi connectivity index (χ1n) is 6.88. The van der Waals surface area contributed by atoms with Gasteiger partial charge in [-0.05, 0) is 34.2 Å². The average molecular weight is 236 g/mol. The van der Waals surface area contributed by atoms with E-state index in [0.29, 0.717) is 0 Å². The van der Waals surface area contributed by atoms with Crippen molar-refractivity contribution < 1.29 is 0 Å². The van der Waals surface area contributed by atoms with Gasteiger partial charge in [-0.25, -0.2) is 0 Å². The molecule has 1 aliphatic rings. The lowest BCUT2D eigenvalue weighted by atomic mass is 9.82. The minimum atomic E-state index is 0.148. The molecule has 0 heteroatoms. The van der Waals surface area contributed by atoms with E-state index in [2.05, 4.69) is 63.2 Å². The summed E-state index contributed by atoms with van der Waals surface area (Å²) < 4.78 is 0. The van der Waals surface area contributed by atoms with Crippen LogP contribution < -0.4 is 0 Å². The van der Waals surface area contributed by atoms with Gasteiger partial charge in [-0.3, -0.25) is 0 Å². The summed E-state index contributed by atoms with van der Waals surface area (Å²) in [6.07, 6.45) is 2.38. The monoisotopic (exact) mass is 236 g/mol. The van der Waals surface area contributed by atoms with Crippen LogP contribution in [-0.2, 0) is 11.8 Å². The molecule has 0 spiro atoms. The van der Waals surface area contributed by atoms with Crippen molar-refractivity contribution in [2.24, 2.45) is 0 Å². The molecule has 0 N–H and O–H groups in total. The standard InChI is InChI=1S/C18H20/c1-4-8-13-9-7-12-16-17(13)14-10-5-6-11-15(14)18(16,2)3/h5-7,9-12H,4,8H2,1-3H3. The highest BCUT2D eigenvalue weighted by atomic mass is 14.4. The number of hydrogen-bond donors (Lipinski definition) is 0. The molecule has 2 aromatic carbocycles. The van der Waals surface area contributed by atoms with Crippen molar-refractivity contribution in [1.29, 1.82) is 0 Å². The maximum Gasteiger partial charge on any atom is 0.0158 e. The molecule has 0 radical (unpaired) electrons. The van der Waals surface area contributed by atoms with Crippen LogP contribution in [0.1, 0.15) is 43.9 Å². The van der Waals surface area contributed by atoms with Crippen molar-refractivity contribution in [1.82, 2.24) is 0 Å². The minimum absolute atomic E-state index is 0.148. The van der Waals surface area contributed by atoms with E-state index in [0.717, 1.165) is 0 Å². The molecule has 0 unspecified atom stereocenters. The molecule has 0 amide bonds. The Morgan fingerprint density at radius 3 is 2.39 bits per heavy atom. The number of rotatable bonds is 2. The Labute approximate surface area is 110 Å². The van der Waals surface area contributed by atoms with E-state index in [1.165, 1.54) is 40.7 Å². The van der Waals surface area contributed by atoms with Crippen LogP contribution in [0.15, 0.2) is 42.5 Å². The molecule has 0 heterocycles. The third-order valence-electron chi connectivity index (χ3n) is 4.21. The second-order valence-electron chi connectivity index (χ2n) is 5.76. The third-order valence-corrected chi connectivity index (χ3v) is 4.21. The topological polar surface area (TPSA) is 0 Å². The van der Waals surface area contributed by atoms with Gasteiger partial charge in [-0.2, -0.15) is 0 Å². The molecule has 0 aliphatic heterocycles. The van der Waals surface area contributed by atoms with Crippen molar-refractivity contribution >= 4 is 0 Å². The lowest BCUT2D eigenvalue weighted by molar-refractivity contribution is 0.659. The summed E-state index contributed by atoms with van der Waals surface area (Å²) in [5.41, 5.74) is 7.57. The summed E-state index contributed by atoms with van der Waals surface area (Å²) in [5.74, 6) is 0. The molecule has 0 atom stereocenters. The Balaban J connectivity index is 2.33. The van der Waals surface area contributed by atoms with Gasteiger partial charge in [-0.15, -0.1) is 0 Å². The third kappa shape index (κ3) is 1.45. The maximum absolute atomic E-state index is 2.34. The van der Waals surface area contributed by atoms with Crippen LogP contribution in [0.3, 0.4) is 0 Å². The first kappa shape index (κ1) is 11.5. The lowest BCUT2D eigenvalue weighted by Crippen LogP contribution is -2.14. The second-order valence-corrected chi connectivity index (χ2v) is 5.76. The van der Waals surface area contributed by atoms with Gasteiger partial charge in [0.2, 0.25) is 0 Å². The van der Waals surface area contributed by atoms with E-state index in [1.54, 1.807) is 0 Å². The molecule has 0 fully saturated rings. The van der Waals surface area contributed by atoms with E-state index in [9.17, 15) is 0 Å². The summed E-state index contributed by atoms with van der Waals surface area (Å²) in [6, 6.07) is 15.7. The Hall–Kier alpha value is -1.56. The summed E-state index contributed by atoms with van der Waals surface area (Å²) in [7, 11) is 0. The molecule has 0 bridgehead atoms. The largest absolute Gasteiger partial charge is 0.0651 e. The predicted molar refractivity (Wildman–Crippen MR) is 78.0 cm³/mol. The van der Waals surface area contributed by atoms with Gasteiger partial charge in [0.15, 0.2) is 0 Å². The molecule has 92 valence electrons. The summed E-state index contributed by atoms with van der Waals surface area (Å²) in [4.78, 5) is 0. The number of fused-ring (bicyclic) bond motifs is 3. The molecular formula is C18H20. The Morgan fingerprint density at radius 1 is 0.889 bits per heavy atom. The summed E-state index contributed by atoms with van der Waals surface area (Å²) >= 11 is 0. The highest BCUT2D eigenvalue weighted by Gasteiger charge is 2.35. The highest BCUT2D eigenvalue weighted by Crippen LogP contribution is 2.49. The first-order valence-corrected chi connectivity index (χ1v) is 6.88. The lowest BCUT2D eigenvalue weighted by Gasteiger charge is -2.21. The summed E-state index contributed by atoms with van der Waals surface area (Å²) in [6.45, 7) is 6.94. The molecular weight excluding hydrogens is 216 g/mol. The van der Waals surface area contributed by atoms with Gasteiger partial charge < -0.3 is 0 Å². The minimum Gasteiger partial charge on any atom is -0.0651 e. The number of benzene rings is 2. The van der Waals surface area contributed by atoms with Gasteiger partial charge in [-0.1, -0.05) is 69.7 Å². The van der Waals surface area contributed by atoms with E-state index in [1.807, 2.05) is 0 Å². The van der Waals surface area contributed by atoms with E-state index >= 15 is 0 Å². The zero-order chi connectivity index (χ0) is 12.8. The van der Waals surface area contributed by atoms with Crippen LogP contribution in [0.2, 0.25) is 0 Å². The normalized spacial score (nSPS) is 15.3. The second kappa shape index (κ2) is 3.98. The molecule has 0 nitrogen and oxygen atoms in total. The zero-order valence-electron chi connectivity index (χ0n) is 11.5. The molecule has 2 aromatic rings. The Bertz CT molecular complexity index is 591. The maximum atomic E-state index is 2.34. The van der Waals surface area contributed by atoms with Crippen LogP contribution in [-0.4, -0.2) is 0 Å². The highest BCUT2D eigenvalue weighted by molar-refractivity contribution is 5.83. The van der Waals surface area contributed by atoms with Gasteiger partial charge in [0, 0.05) is 5.41 Å². The Morgan fingerprint density at radius 2 is 1.61 bits per heavy atom. The van der Waals surface area contributed by atoms with Crippen molar-refractivity contribution in [3.8, 4) is 11.1 Å². The molecule has 3 rings (SSSR count). The molecule has 0 saturated carbocycles. The molecule has 1 aliphatic carbocycles.